The van der Waals surface area contributed by atoms with Gasteiger partial charge in [-0.15, -0.1) is 0 Å². The molecule has 342 valence electrons. The molecule has 0 unspecified atom stereocenters. The lowest BCUT2D eigenvalue weighted by molar-refractivity contribution is 0.669. The summed E-state index contributed by atoms with van der Waals surface area (Å²) < 4.78 is 13.6. The summed E-state index contributed by atoms with van der Waals surface area (Å²) in [7, 11) is 0. The molecule has 0 saturated carbocycles. The first-order valence-corrected chi connectivity index (χ1v) is 25.5. The Morgan fingerprint density at radius 3 is 1.16 bits per heavy atom. The van der Waals surface area contributed by atoms with Gasteiger partial charge in [0.15, 0.2) is 0 Å². The van der Waals surface area contributed by atoms with E-state index in [0.29, 0.717) is 0 Å². The molecule has 0 atom stereocenters. The van der Waals surface area contributed by atoms with E-state index in [1.54, 1.807) is 0 Å². The first-order chi connectivity index (χ1) is 36.7. The van der Waals surface area contributed by atoms with Gasteiger partial charge in [-0.05, 0) is 146 Å². The van der Waals surface area contributed by atoms with Crippen LogP contribution in [-0.2, 0) is 0 Å². The Labute approximate surface area is 425 Å². The number of hydrogen-bond acceptors (Lipinski definition) is 2. The molecule has 2 heteroatoms. The maximum absolute atomic E-state index is 7.08. The van der Waals surface area contributed by atoms with E-state index in [-0.39, 0.29) is 0 Å². The summed E-state index contributed by atoms with van der Waals surface area (Å²) in [5, 5.41) is 18.9. The van der Waals surface area contributed by atoms with Crippen LogP contribution in [0.15, 0.2) is 264 Å². The fourth-order valence-corrected chi connectivity index (χ4v) is 12.6. The third-order valence-electron chi connectivity index (χ3n) is 15.8. The molecule has 14 aromatic carbocycles. The molecule has 0 aliphatic rings. The van der Waals surface area contributed by atoms with Gasteiger partial charge in [-0.25, -0.2) is 0 Å². The summed E-state index contributed by atoms with van der Waals surface area (Å²) in [6, 6.07) is 93.0. The first-order valence-electron chi connectivity index (χ1n) is 25.5. The molecule has 0 amide bonds. The molecule has 16 aromatic rings. The van der Waals surface area contributed by atoms with E-state index < -0.39 is 0 Å². The molecule has 0 N–H and O–H groups in total. The van der Waals surface area contributed by atoms with Crippen molar-refractivity contribution < 1.29 is 8.83 Å². The van der Waals surface area contributed by atoms with E-state index >= 15 is 0 Å². The minimum atomic E-state index is 0.866. The molecule has 0 saturated heterocycles. The Balaban J connectivity index is 0.883. The maximum Gasteiger partial charge on any atom is 0.143 e. The van der Waals surface area contributed by atoms with E-state index in [4.69, 9.17) is 8.83 Å². The van der Waals surface area contributed by atoms with Crippen LogP contribution >= 0.6 is 0 Å². The number of furan rings is 2. The number of hydrogen-bond donors (Lipinski definition) is 0. The van der Waals surface area contributed by atoms with Gasteiger partial charge in [0.2, 0.25) is 0 Å². The normalized spacial score (nSPS) is 12.1. The Morgan fingerprint density at radius 1 is 0.189 bits per heavy atom. The molecule has 2 aromatic heterocycles. The van der Waals surface area contributed by atoms with Crippen molar-refractivity contribution in [2.45, 2.75) is 0 Å². The van der Waals surface area contributed by atoms with E-state index in [9.17, 15) is 0 Å². The van der Waals surface area contributed by atoms with Crippen molar-refractivity contribution in [3.63, 3.8) is 0 Å². The lowest BCUT2D eigenvalue weighted by Gasteiger charge is -2.19. The highest BCUT2D eigenvalue weighted by atomic mass is 16.3. The highest BCUT2D eigenvalue weighted by Gasteiger charge is 2.24. The molecule has 16 rings (SSSR count). The van der Waals surface area contributed by atoms with Crippen LogP contribution in [0.2, 0.25) is 0 Å². The molecule has 2 heterocycles. The van der Waals surface area contributed by atoms with E-state index in [2.05, 4.69) is 255 Å². The van der Waals surface area contributed by atoms with Gasteiger partial charge in [0.1, 0.15) is 22.3 Å². The second kappa shape index (κ2) is 15.9. The Bertz CT molecular complexity index is 4900. The van der Waals surface area contributed by atoms with Gasteiger partial charge in [-0.2, -0.15) is 0 Å². The van der Waals surface area contributed by atoms with Crippen LogP contribution in [0.3, 0.4) is 0 Å². The van der Waals surface area contributed by atoms with Crippen LogP contribution in [0.1, 0.15) is 0 Å². The quantitative estimate of drug-likeness (QED) is 0.161. The van der Waals surface area contributed by atoms with Gasteiger partial charge >= 0.3 is 0 Å². The fourth-order valence-electron chi connectivity index (χ4n) is 12.6. The highest BCUT2D eigenvalue weighted by molar-refractivity contribution is 6.27. The molecule has 0 aliphatic carbocycles. The molecule has 0 aliphatic heterocycles. The van der Waals surface area contributed by atoms with Gasteiger partial charge in [-0.3, -0.25) is 0 Å². The average molecular weight is 939 g/mol. The third kappa shape index (κ3) is 6.00. The van der Waals surface area contributed by atoms with Crippen LogP contribution in [0, 0.1) is 0 Å². The van der Waals surface area contributed by atoms with Crippen molar-refractivity contribution in [3.8, 4) is 55.6 Å². The largest absolute Gasteiger partial charge is 0.456 e. The van der Waals surface area contributed by atoms with E-state index in [1.807, 2.05) is 0 Å². The first kappa shape index (κ1) is 40.9. The van der Waals surface area contributed by atoms with Crippen molar-refractivity contribution in [2.75, 3.05) is 0 Å². The predicted octanol–water partition coefficient (Wildman–Crippen LogP) is 20.7. The van der Waals surface area contributed by atoms with E-state index in [0.717, 1.165) is 55.0 Å². The minimum Gasteiger partial charge on any atom is -0.456 e. The van der Waals surface area contributed by atoms with Crippen LogP contribution in [0.4, 0.5) is 0 Å². The van der Waals surface area contributed by atoms with Crippen LogP contribution < -0.4 is 0 Å². The van der Waals surface area contributed by atoms with Crippen LogP contribution in [0.25, 0.3) is 164 Å². The van der Waals surface area contributed by atoms with Crippen molar-refractivity contribution >= 4 is 109 Å². The Morgan fingerprint density at radius 2 is 0.595 bits per heavy atom. The van der Waals surface area contributed by atoms with Crippen molar-refractivity contribution in [3.05, 3.63) is 255 Å². The van der Waals surface area contributed by atoms with Crippen molar-refractivity contribution in [1.29, 1.82) is 0 Å². The molecular formula is C72H42O2. The Hall–Kier alpha value is -9.76. The molecule has 0 fully saturated rings. The number of rotatable bonds is 5. The van der Waals surface area contributed by atoms with Gasteiger partial charge in [0.25, 0.3) is 0 Å². The zero-order valence-electron chi connectivity index (χ0n) is 40.1. The number of benzene rings is 14. The lowest BCUT2D eigenvalue weighted by Crippen LogP contribution is -1.92. The maximum atomic E-state index is 7.08. The van der Waals surface area contributed by atoms with Gasteiger partial charge in [-0.1, -0.05) is 218 Å². The van der Waals surface area contributed by atoms with E-state index in [1.165, 1.54) is 109 Å². The SMILES string of the molecule is c1ccc(-c2ccc(-c3c4ccccc4c(-c4cccc5c4oc4ccc(-c6c7ccccc7c(-c7ccc8oc9cc%10ccccc%10cc9c8c7)c7ccccc67)cc45)c4ccccc34)c3ccccc23)cc1. The van der Waals surface area contributed by atoms with Gasteiger partial charge in [0, 0.05) is 32.7 Å². The molecule has 74 heavy (non-hydrogen) atoms. The average Bonchev–Trinajstić information content (AvgIpc) is 4.03. The summed E-state index contributed by atoms with van der Waals surface area (Å²) in [4.78, 5) is 0. The molecule has 0 bridgehead atoms. The van der Waals surface area contributed by atoms with Crippen molar-refractivity contribution in [2.24, 2.45) is 0 Å². The predicted molar refractivity (Wildman–Crippen MR) is 313 cm³/mol. The molecule has 0 spiro atoms. The fraction of sp³-hybridized carbons (Fsp3) is 0. The summed E-state index contributed by atoms with van der Waals surface area (Å²) in [6.45, 7) is 0. The second-order valence-electron chi connectivity index (χ2n) is 19.8. The second-order valence-corrected chi connectivity index (χ2v) is 19.8. The summed E-state index contributed by atoms with van der Waals surface area (Å²) >= 11 is 0. The summed E-state index contributed by atoms with van der Waals surface area (Å²) in [5.74, 6) is 0. The molecule has 0 radical (unpaired) electrons. The number of fused-ring (bicyclic) bond motifs is 12. The number of para-hydroxylation sites is 1. The Kier molecular flexibility index (Phi) is 8.78. The van der Waals surface area contributed by atoms with Crippen LogP contribution in [0.5, 0.6) is 0 Å². The van der Waals surface area contributed by atoms with Crippen molar-refractivity contribution in [1.82, 2.24) is 0 Å². The summed E-state index contributed by atoms with van der Waals surface area (Å²) in [6.07, 6.45) is 0. The zero-order chi connectivity index (χ0) is 48.4. The monoisotopic (exact) mass is 938 g/mol. The minimum absolute atomic E-state index is 0.866. The zero-order valence-corrected chi connectivity index (χ0v) is 40.1. The van der Waals surface area contributed by atoms with Gasteiger partial charge in [0.05, 0.1) is 0 Å². The topological polar surface area (TPSA) is 26.3 Å². The molecular weight excluding hydrogens is 897 g/mol. The van der Waals surface area contributed by atoms with Crippen LogP contribution in [-0.4, -0.2) is 0 Å². The standard InChI is InChI=1S/C72H42O2/c1-2-17-43(18-3-1)48-35-36-59(50-22-7-6-21-49(48)50)70-55-27-12-14-29-57(55)71(58-30-15-13-28-56(58)70)61-32-16-31-60-62-40-46(34-38-66(62)74-72(60)61)68-51-23-8-10-25-53(51)69(54-26-11-9-24-52(54)68)47-33-37-65-63(41-47)64-39-44-19-4-5-20-45(44)42-67(64)73-65/h1-42H. The summed E-state index contributed by atoms with van der Waals surface area (Å²) in [5.41, 5.74) is 15.5. The van der Waals surface area contributed by atoms with Gasteiger partial charge < -0.3 is 8.83 Å². The molecule has 2 nitrogen and oxygen atoms in total. The third-order valence-corrected chi connectivity index (χ3v) is 15.8. The smallest absolute Gasteiger partial charge is 0.143 e. The highest BCUT2D eigenvalue weighted by Crippen LogP contribution is 2.50. The lowest BCUT2D eigenvalue weighted by atomic mass is 9.83.